The van der Waals surface area contributed by atoms with Gasteiger partial charge in [-0.1, -0.05) is 12.2 Å². The minimum absolute atomic E-state index is 0.282. The summed E-state index contributed by atoms with van der Waals surface area (Å²) in [6.45, 7) is 0.935. The summed E-state index contributed by atoms with van der Waals surface area (Å²) in [5.41, 5.74) is 6.83. The molecule has 0 aliphatic heterocycles. The Balaban J connectivity index is 2.71. The van der Waals surface area contributed by atoms with Gasteiger partial charge in [-0.05, 0) is 31.6 Å². The monoisotopic (exact) mass is 202 g/mol. The van der Waals surface area contributed by atoms with E-state index in [0.29, 0.717) is 5.56 Å². The van der Waals surface area contributed by atoms with Crippen LogP contribution in [0.2, 0.25) is 0 Å². The molecule has 0 amide bonds. The molecule has 78 valence electrons. The molecule has 0 spiro atoms. The first-order valence-corrected chi connectivity index (χ1v) is 4.74. The molecule has 1 aromatic heterocycles. The molecule has 0 aliphatic rings. The highest BCUT2D eigenvalue weighted by atomic mass is 14.8. The van der Waals surface area contributed by atoms with Gasteiger partial charge in [-0.2, -0.15) is 5.26 Å². The normalized spacial score (nSPS) is 10.4. The molecule has 0 aromatic carbocycles. The fraction of sp³-hybridized carbons (Fsp3) is 0.273. The zero-order chi connectivity index (χ0) is 11.1. The van der Waals surface area contributed by atoms with E-state index in [4.69, 9.17) is 11.0 Å². The summed E-state index contributed by atoms with van der Waals surface area (Å²) >= 11 is 0. The molecule has 0 saturated heterocycles. The quantitative estimate of drug-likeness (QED) is 0.718. The lowest BCUT2D eigenvalue weighted by Crippen LogP contribution is -2.05. The summed E-state index contributed by atoms with van der Waals surface area (Å²) in [6, 6.07) is 3.74. The number of hydrogen-bond donors (Lipinski definition) is 2. The Labute approximate surface area is 89.4 Å². The maximum atomic E-state index is 8.75. The average Bonchev–Trinajstić information content (AvgIpc) is 2.26. The Kier molecular flexibility index (Phi) is 4.32. The minimum Gasteiger partial charge on any atom is -0.383 e. The highest BCUT2D eigenvalue weighted by Gasteiger charge is 1.98. The fourth-order valence-corrected chi connectivity index (χ4v) is 1.12. The number of nitrogens with one attached hydrogen (secondary N) is 1. The van der Waals surface area contributed by atoms with Gasteiger partial charge in [0.05, 0.1) is 5.56 Å². The molecule has 4 heteroatoms. The molecule has 0 radical (unpaired) electrons. The van der Waals surface area contributed by atoms with Crippen molar-refractivity contribution in [1.29, 1.82) is 5.26 Å². The fourth-order valence-electron chi connectivity index (χ4n) is 1.12. The third-order valence-corrected chi connectivity index (χ3v) is 1.93. The molecule has 0 atom stereocenters. The number of hydrogen-bond acceptors (Lipinski definition) is 4. The van der Waals surface area contributed by atoms with Crippen LogP contribution in [0.3, 0.4) is 0 Å². The van der Waals surface area contributed by atoms with E-state index in [1.165, 1.54) is 0 Å². The van der Waals surface area contributed by atoms with Crippen LogP contribution in [0.5, 0.6) is 0 Å². The molecule has 0 saturated carbocycles. The maximum absolute atomic E-state index is 8.75. The van der Waals surface area contributed by atoms with Crippen molar-refractivity contribution in [3.05, 3.63) is 29.5 Å². The molecule has 0 unspecified atom stereocenters. The number of nitriles is 1. The van der Waals surface area contributed by atoms with E-state index in [1.54, 1.807) is 12.3 Å². The first-order valence-electron chi connectivity index (χ1n) is 4.74. The highest BCUT2D eigenvalue weighted by Crippen LogP contribution is 2.10. The summed E-state index contributed by atoms with van der Waals surface area (Å²) in [5, 5.41) is 11.8. The molecule has 1 heterocycles. The summed E-state index contributed by atoms with van der Waals surface area (Å²) in [7, 11) is 1.91. The smallest absolute Gasteiger partial charge is 0.141 e. The average molecular weight is 202 g/mol. The van der Waals surface area contributed by atoms with E-state index in [0.717, 1.165) is 18.5 Å². The zero-order valence-electron chi connectivity index (χ0n) is 8.70. The molecule has 1 aromatic rings. The zero-order valence-corrected chi connectivity index (χ0v) is 8.70. The number of anilines is 1. The number of nitrogens with zero attached hydrogens (tertiary/aromatic N) is 2. The number of nitrogen functional groups attached to an aromatic ring is 1. The predicted molar refractivity (Wildman–Crippen MR) is 60.9 cm³/mol. The van der Waals surface area contributed by atoms with Crippen LogP contribution < -0.4 is 11.1 Å². The Morgan fingerprint density at radius 1 is 1.67 bits per heavy atom. The molecule has 4 nitrogen and oxygen atoms in total. The van der Waals surface area contributed by atoms with Gasteiger partial charge in [0.1, 0.15) is 11.9 Å². The van der Waals surface area contributed by atoms with E-state index in [-0.39, 0.29) is 5.82 Å². The van der Waals surface area contributed by atoms with Gasteiger partial charge in [0.15, 0.2) is 0 Å². The number of aromatic nitrogens is 1. The summed E-state index contributed by atoms with van der Waals surface area (Å²) in [6.07, 6.45) is 6.57. The molecular weight excluding hydrogens is 188 g/mol. The number of nitrogens with two attached hydrogens (primary N) is 1. The topological polar surface area (TPSA) is 74.7 Å². The molecule has 0 aliphatic carbocycles. The van der Waals surface area contributed by atoms with Gasteiger partial charge < -0.3 is 11.1 Å². The second kappa shape index (κ2) is 5.78. The van der Waals surface area contributed by atoms with E-state index >= 15 is 0 Å². The first-order chi connectivity index (χ1) is 7.27. The van der Waals surface area contributed by atoms with Gasteiger partial charge >= 0.3 is 0 Å². The molecule has 3 N–H and O–H groups in total. The molecule has 0 bridgehead atoms. The summed E-state index contributed by atoms with van der Waals surface area (Å²) in [5.74, 6) is 0.282. The van der Waals surface area contributed by atoms with Crippen LogP contribution in [0, 0.1) is 11.3 Å². The third-order valence-electron chi connectivity index (χ3n) is 1.93. The van der Waals surface area contributed by atoms with Crippen molar-refractivity contribution >= 4 is 11.9 Å². The van der Waals surface area contributed by atoms with Crippen LogP contribution in [-0.4, -0.2) is 18.6 Å². The lowest BCUT2D eigenvalue weighted by Gasteiger charge is -1.97. The van der Waals surface area contributed by atoms with Crippen LogP contribution in [0.25, 0.3) is 6.08 Å². The first kappa shape index (κ1) is 11.2. The predicted octanol–water partition coefficient (Wildman–Crippen LogP) is 1.16. The Hall–Kier alpha value is -1.86. The Morgan fingerprint density at radius 2 is 2.47 bits per heavy atom. The van der Waals surface area contributed by atoms with E-state index < -0.39 is 0 Å². The van der Waals surface area contributed by atoms with E-state index in [1.807, 2.05) is 25.3 Å². The van der Waals surface area contributed by atoms with Gasteiger partial charge in [0.25, 0.3) is 0 Å². The van der Waals surface area contributed by atoms with Crippen LogP contribution in [0.1, 0.15) is 17.5 Å². The van der Waals surface area contributed by atoms with E-state index in [9.17, 15) is 0 Å². The number of pyridine rings is 1. The lowest BCUT2D eigenvalue weighted by molar-refractivity contribution is 0.809. The van der Waals surface area contributed by atoms with Crippen molar-refractivity contribution in [2.75, 3.05) is 19.3 Å². The van der Waals surface area contributed by atoms with Crippen molar-refractivity contribution in [3.8, 4) is 6.07 Å². The van der Waals surface area contributed by atoms with Crippen molar-refractivity contribution in [2.45, 2.75) is 6.42 Å². The van der Waals surface area contributed by atoms with Crippen molar-refractivity contribution in [1.82, 2.24) is 10.3 Å². The van der Waals surface area contributed by atoms with Crippen LogP contribution in [0.15, 0.2) is 18.3 Å². The summed E-state index contributed by atoms with van der Waals surface area (Å²) < 4.78 is 0. The highest BCUT2D eigenvalue weighted by molar-refractivity contribution is 5.57. The van der Waals surface area contributed by atoms with Gasteiger partial charge in [-0.15, -0.1) is 0 Å². The van der Waals surface area contributed by atoms with Gasteiger partial charge in [-0.3, -0.25) is 0 Å². The number of rotatable bonds is 4. The second-order valence-corrected chi connectivity index (χ2v) is 3.11. The van der Waals surface area contributed by atoms with Gasteiger partial charge in [0, 0.05) is 6.20 Å². The molecular formula is C11H14N4. The van der Waals surface area contributed by atoms with Crippen molar-refractivity contribution in [2.24, 2.45) is 0 Å². The van der Waals surface area contributed by atoms with Crippen LogP contribution in [0.4, 0.5) is 5.82 Å². The van der Waals surface area contributed by atoms with Crippen molar-refractivity contribution in [3.63, 3.8) is 0 Å². The third kappa shape index (κ3) is 3.41. The standard InChI is InChI=1S/C11H14N4/c1-14-5-3-2-4-9-6-10(7-12)11(13)15-8-9/h2,4,6,8,14H,3,5H2,1H3,(H2,13,15). The SMILES string of the molecule is CNCCC=Cc1cnc(N)c(C#N)c1. The molecule has 15 heavy (non-hydrogen) atoms. The van der Waals surface area contributed by atoms with E-state index in [2.05, 4.69) is 10.3 Å². The maximum Gasteiger partial charge on any atom is 0.141 e. The second-order valence-electron chi connectivity index (χ2n) is 3.11. The molecule has 0 fully saturated rings. The van der Waals surface area contributed by atoms with Gasteiger partial charge in [-0.25, -0.2) is 4.98 Å². The van der Waals surface area contributed by atoms with Crippen LogP contribution >= 0.6 is 0 Å². The Morgan fingerprint density at radius 3 is 3.13 bits per heavy atom. The van der Waals surface area contributed by atoms with Gasteiger partial charge in [0.2, 0.25) is 0 Å². The van der Waals surface area contributed by atoms with Crippen LogP contribution in [-0.2, 0) is 0 Å². The van der Waals surface area contributed by atoms with Crippen molar-refractivity contribution < 1.29 is 0 Å². The summed E-state index contributed by atoms with van der Waals surface area (Å²) in [4.78, 5) is 3.94. The molecule has 1 rings (SSSR count). The largest absolute Gasteiger partial charge is 0.383 e. The Bertz CT molecular complexity index is 390. The minimum atomic E-state index is 0.282. The lowest BCUT2D eigenvalue weighted by atomic mass is 10.2.